The van der Waals surface area contributed by atoms with Gasteiger partial charge in [0.1, 0.15) is 23.5 Å². The minimum atomic E-state index is -4.84. The lowest BCUT2D eigenvalue weighted by Gasteiger charge is -2.37. The summed E-state index contributed by atoms with van der Waals surface area (Å²) < 4.78 is 89.3. The molecular formula is C36H37F6N3O4. The van der Waals surface area contributed by atoms with E-state index in [1.165, 1.54) is 13.8 Å². The highest BCUT2D eigenvalue weighted by Gasteiger charge is 2.38. The molecule has 4 rings (SSSR count). The molecule has 1 aromatic heterocycles. The Bertz CT molecular complexity index is 1850. The maximum absolute atomic E-state index is 16.5. The number of hydrogen-bond acceptors (Lipinski definition) is 4. The second kappa shape index (κ2) is 14.5. The minimum Gasteiger partial charge on any atom is -0.481 e. The van der Waals surface area contributed by atoms with Gasteiger partial charge in [0.15, 0.2) is 0 Å². The number of carbonyl (C=O) groups is 2. The van der Waals surface area contributed by atoms with Crippen molar-refractivity contribution in [1.82, 2.24) is 14.8 Å². The fourth-order valence-electron chi connectivity index (χ4n) is 6.61. The van der Waals surface area contributed by atoms with Crippen molar-refractivity contribution in [3.05, 3.63) is 91.6 Å². The molecule has 1 saturated heterocycles. The zero-order chi connectivity index (χ0) is 36.5. The van der Waals surface area contributed by atoms with E-state index < -0.39 is 70.7 Å². The molecule has 262 valence electrons. The first-order valence-electron chi connectivity index (χ1n) is 15.6. The average molecular weight is 690 g/mol. The van der Waals surface area contributed by atoms with Gasteiger partial charge in [0.2, 0.25) is 5.91 Å². The number of carboxylic acids is 1. The Kier molecular flexibility index (Phi) is 11.0. The van der Waals surface area contributed by atoms with E-state index >= 15 is 8.78 Å². The minimum absolute atomic E-state index is 0.0138. The predicted molar refractivity (Wildman–Crippen MR) is 171 cm³/mol. The second-order valence-electron chi connectivity index (χ2n) is 13.1. The summed E-state index contributed by atoms with van der Waals surface area (Å²) >= 11 is 0. The average Bonchev–Trinajstić information content (AvgIpc) is 2.95. The van der Waals surface area contributed by atoms with Crippen LogP contribution in [0.5, 0.6) is 0 Å². The highest BCUT2D eigenvalue weighted by atomic mass is 19.4. The Balaban J connectivity index is 1.84. The van der Waals surface area contributed by atoms with Crippen LogP contribution in [-0.4, -0.2) is 46.6 Å². The van der Waals surface area contributed by atoms with Crippen LogP contribution in [0.3, 0.4) is 0 Å². The number of benzene rings is 2. The van der Waals surface area contributed by atoms with Crippen molar-refractivity contribution in [2.75, 3.05) is 20.1 Å². The number of nitrogens with one attached hydrogen (secondary N) is 1. The molecule has 49 heavy (non-hydrogen) atoms. The van der Waals surface area contributed by atoms with Crippen LogP contribution in [0.1, 0.15) is 72.2 Å². The topological polar surface area (TPSA) is 91.6 Å². The molecule has 1 aliphatic heterocycles. The highest BCUT2D eigenvalue weighted by Crippen LogP contribution is 2.39. The van der Waals surface area contributed by atoms with Crippen LogP contribution in [0.15, 0.2) is 35.3 Å². The zero-order valence-corrected chi connectivity index (χ0v) is 27.6. The Labute approximate surface area is 279 Å². The molecule has 3 aromatic rings. The number of aromatic nitrogens is 1. The summed E-state index contributed by atoms with van der Waals surface area (Å²) in [6.07, 6.45) is 0.639. The van der Waals surface area contributed by atoms with E-state index in [1.54, 1.807) is 13.8 Å². The molecule has 2 heterocycles. The third-order valence-corrected chi connectivity index (χ3v) is 8.65. The SMILES string of the molecule is C#Cc1cc(F)c([C@H](CC(=O)O)NC(=O)[C@@H](CC(C)C)n2cc(CC3CN(C)C3)c(C(F)(F)F)cc2=O)c(F)c1-c1c(C)cc(F)cc1C. The number of amides is 1. The number of aliphatic carboxylic acids is 1. The van der Waals surface area contributed by atoms with Crippen LogP contribution in [-0.2, 0) is 22.2 Å². The second-order valence-corrected chi connectivity index (χ2v) is 13.1. The number of carbonyl (C=O) groups excluding carboxylic acids is 1. The number of terminal acetylenes is 1. The van der Waals surface area contributed by atoms with E-state index in [-0.39, 0.29) is 58.1 Å². The van der Waals surface area contributed by atoms with Gasteiger partial charge in [-0.3, -0.25) is 14.4 Å². The molecule has 0 bridgehead atoms. The van der Waals surface area contributed by atoms with Crippen molar-refractivity contribution >= 4 is 11.9 Å². The fourth-order valence-corrected chi connectivity index (χ4v) is 6.61. The van der Waals surface area contributed by atoms with Gasteiger partial charge in [0.05, 0.1) is 18.0 Å². The van der Waals surface area contributed by atoms with E-state index in [0.29, 0.717) is 19.2 Å². The monoisotopic (exact) mass is 689 g/mol. The van der Waals surface area contributed by atoms with Crippen LogP contribution in [0.2, 0.25) is 0 Å². The fraction of sp³-hybridized carbons (Fsp3) is 0.417. The third-order valence-electron chi connectivity index (χ3n) is 8.65. The lowest BCUT2D eigenvalue weighted by molar-refractivity contribution is -0.139. The van der Waals surface area contributed by atoms with Gasteiger partial charge >= 0.3 is 12.1 Å². The van der Waals surface area contributed by atoms with Crippen molar-refractivity contribution in [1.29, 1.82) is 0 Å². The number of aryl methyl sites for hydroxylation is 2. The maximum atomic E-state index is 16.5. The number of pyridine rings is 1. The summed E-state index contributed by atoms with van der Waals surface area (Å²) in [5.74, 6) is -3.95. The standard InChI is InChI=1S/C36H37F6N3O4/c1-7-22-12-26(38)33(34(39)32(22)31-19(4)9-24(37)10-20(31)5)27(14-30(47)48)43-35(49)28(8-18(2)3)45-17-23(11-21-15-44(6)16-21)25(13-29(45)46)36(40,41)42/h1,9-10,12-13,17-18,21,27-28H,8,11,14-16H2,2-6H3,(H,43,49)(H,47,48)/t27-,28+/m0/s1. The number of nitrogens with zero attached hydrogens (tertiary/aromatic N) is 2. The molecule has 0 spiro atoms. The largest absolute Gasteiger partial charge is 0.481 e. The summed E-state index contributed by atoms with van der Waals surface area (Å²) in [7, 11) is 1.81. The van der Waals surface area contributed by atoms with Crippen molar-refractivity contribution < 1.29 is 41.0 Å². The smallest absolute Gasteiger partial charge is 0.416 e. The predicted octanol–water partition coefficient (Wildman–Crippen LogP) is 6.57. The van der Waals surface area contributed by atoms with E-state index in [2.05, 4.69) is 11.2 Å². The lowest BCUT2D eigenvalue weighted by Crippen LogP contribution is -2.45. The van der Waals surface area contributed by atoms with Gasteiger partial charge in [-0.1, -0.05) is 19.8 Å². The number of rotatable bonds is 11. The first-order chi connectivity index (χ1) is 22.8. The van der Waals surface area contributed by atoms with Gasteiger partial charge in [-0.25, -0.2) is 13.2 Å². The summed E-state index contributed by atoms with van der Waals surface area (Å²) in [6.45, 7) is 7.45. The van der Waals surface area contributed by atoms with Crippen molar-refractivity contribution in [2.45, 2.75) is 65.2 Å². The molecule has 2 aromatic carbocycles. The summed E-state index contributed by atoms with van der Waals surface area (Å²) in [5.41, 5.74) is -3.16. The first-order valence-corrected chi connectivity index (χ1v) is 15.6. The Hall–Kier alpha value is -4.57. The Morgan fingerprint density at radius 3 is 2.18 bits per heavy atom. The number of alkyl halides is 3. The van der Waals surface area contributed by atoms with E-state index in [9.17, 15) is 37.1 Å². The highest BCUT2D eigenvalue weighted by molar-refractivity contribution is 5.83. The Morgan fingerprint density at radius 2 is 1.67 bits per heavy atom. The van der Waals surface area contributed by atoms with Crippen LogP contribution in [0.25, 0.3) is 11.1 Å². The van der Waals surface area contributed by atoms with E-state index in [0.717, 1.165) is 29.0 Å². The molecule has 0 aliphatic carbocycles. The molecule has 13 heteroatoms. The van der Waals surface area contributed by atoms with E-state index in [1.807, 2.05) is 11.9 Å². The molecule has 0 radical (unpaired) electrons. The van der Waals surface area contributed by atoms with Crippen LogP contribution >= 0.6 is 0 Å². The quantitative estimate of drug-likeness (QED) is 0.176. The molecule has 0 unspecified atom stereocenters. The molecule has 7 nitrogen and oxygen atoms in total. The van der Waals surface area contributed by atoms with Crippen LogP contribution < -0.4 is 10.9 Å². The number of carboxylic acid groups (broad SMARTS) is 1. The molecule has 1 fully saturated rings. The molecule has 2 atom stereocenters. The summed E-state index contributed by atoms with van der Waals surface area (Å²) in [4.78, 5) is 41.1. The zero-order valence-electron chi connectivity index (χ0n) is 27.6. The first kappa shape index (κ1) is 37.3. The van der Waals surface area contributed by atoms with Gasteiger partial charge in [-0.2, -0.15) is 13.2 Å². The third kappa shape index (κ3) is 8.19. The molecular weight excluding hydrogens is 652 g/mol. The molecule has 1 amide bonds. The lowest BCUT2D eigenvalue weighted by atomic mass is 9.88. The molecule has 1 aliphatic rings. The summed E-state index contributed by atoms with van der Waals surface area (Å²) in [5, 5.41) is 12.1. The molecule has 2 N–H and O–H groups in total. The Morgan fingerprint density at radius 1 is 1.06 bits per heavy atom. The van der Waals surface area contributed by atoms with Crippen molar-refractivity contribution in [3.63, 3.8) is 0 Å². The van der Waals surface area contributed by atoms with Crippen molar-refractivity contribution in [3.8, 4) is 23.5 Å². The molecule has 0 saturated carbocycles. The van der Waals surface area contributed by atoms with Crippen molar-refractivity contribution in [2.24, 2.45) is 11.8 Å². The number of likely N-dealkylation sites (tertiary alicyclic amines) is 1. The summed E-state index contributed by atoms with van der Waals surface area (Å²) in [6, 6.07) is 0.180. The van der Waals surface area contributed by atoms with Crippen LogP contribution in [0, 0.1) is 55.5 Å². The maximum Gasteiger partial charge on any atom is 0.416 e. The van der Waals surface area contributed by atoms with Gasteiger partial charge in [0.25, 0.3) is 5.56 Å². The van der Waals surface area contributed by atoms with Gasteiger partial charge < -0.3 is 19.9 Å². The number of halogens is 6. The van der Waals surface area contributed by atoms with Gasteiger partial charge in [-0.15, -0.1) is 6.42 Å². The van der Waals surface area contributed by atoms with Gasteiger partial charge in [0, 0.05) is 42.0 Å². The number of hydrogen-bond donors (Lipinski definition) is 2. The van der Waals surface area contributed by atoms with E-state index in [4.69, 9.17) is 6.42 Å². The van der Waals surface area contributed by atoms with Crippen LogP contribution in [0.4, 0.5) is 26.3 Å². The van der Waals surface area contributed by atoms with Gasteiger partial charge in [-0.05, 0) is 86.0 Å². The normalized spacial score (nSPS) is 15.1.